The number of pyridine rings is 1. The summed E-state index contributed by atoms with van der Waals surface area (Å²) in [5.41, 5.74) is -1.94. The number of carbonyl (C=O) groups is 1. The highest BCUT2D eigenvalue weighted by Gasteiger charge is 2.36. The van der Waals surface area contributed by atoms with Crippen LogP contribution in [0.3, 0.4) is 0 Å². The van der Waals surface area contributed by atoms with Gasteiger partial charge in [0.2, 0.25) is 5.75 Å². The van der Waals surface area contributed by atoms with Crippen molar-refractivity contribution < 1.29 is 32.2 Å². The molecule has 6 nitrogen and oxygen atoms in total. The van der Waals surface area contributed by atoms with Gasteiger partial charge in [-0.1, -0.05) is 0 Å². The maximum absolute atomic E-state index is 12.2. The van der Waals surface area contributed by atoms with E-state index in [0.29, 0.717) is 0 Å². The molecule has 0 saturated carbocycles. The molecule has 0 aliphatic carbocycles. The fraction of sp³-hybridized carbons (Fsp3) is 0.400. The van der Waals surface area contributed by atoms with Crippen LogP contribution in [0.25, 0.3) is 0 Å². The van der Waals surface area contributed by atoms with Gasteiger partial charge in [-0.05, 0) is 6.92 Å². The Balaban J connectivity index is 3.41. The number of methoxy groups -OCH3 is 1. The van der Waals surface area contributed by atoms with Gasteiger partial charge in [-0.25, -0.2) is 4.79 Å². The first-order valence-corrected chi connectivity index (χ1v) is 5.02. The van der Waals surface area contributed by atoms with E-state index in [4.69, 9.17) is 4.74 Å². The van der Waals surface area contributed by atoms with Crippen LogP contribution in [-0.2, 0) is 4.74 Å². The molecule has 1 aromatic heterocycles. The van der Waals surface area contributed by atoms with Gasteiger partial charge < -0.3 is 19.2 Å². The molecule has 106 valence electrons. The predicted molar refractivity (Wildman–Crippen MR) is 56.3 cm³/mol. The number of nitrogens with one attached hydrogen (secondary N) is 1. The summed E-state index contributed by atoms with van der Waals surface area (Å²) in [6.07, 6.45) is -4.18. The third-order valence-corrected chi connectivity index (χ3v) is 1.93. The van der Waals surface area contributed by atoms with Crippen LogP contribution in [-0.4, -0.2) is 31.0 Å². The Kier molecular flexibility index (Phi) is 4.41. The van der Waals surface area contributed by atoms with Gasteiger partial charge in [0.05, 0.1) is 13.7 Å². The minimum atomic E-state index is -5.12. The van der Waals surface area contributed by atoms with Crippen molar-refractivity contribution in [3.8, 4) is 11.5 Å². The van der Waals surface area contributed by atoms with Crippen LogP contribution in [0.2, 0.25) is 0 Å². The van der Waals surface area contributed by atoms with Crippen LogP contribution in [0.1, 0.15) is 17.3 Å². The van der Waals surface area contributed by atoms with E-state index < -0.39 is 29.2 Å². The van der Waals surface area contributed by atoms with Crippen LogP contribution in [0.4, 0.5) is 13.2 Å². The van der Waals surface area contributed by atoms with E-state index in [9.17, 15) is 22.8 Å². The molecule has 1 N–H and O–H groups in total. The van der Waals surface area contributed by atoms with Crippen LogP contribution in [0, 0.1) is 0 Å². The summed E-state index contributed by atoms with van der Waals surface area (Å²) in [5.74, 6) is -2.66. The molecule has 0 atom stereocenters. The van der Waals surface area contributed by atoms with E-state index in [1.165, 1.54) is 6.92 Å². The normalized spacial score (nSPS) is 11.0. The Bertz CT molecular complexity index is 523. The molecule has 19 heavy (non-hydrogen) atoms. The molecule has 0 fully saturated rings. The van der Waals surface area contributed by atoms with Crippen LogP contribution in [0.15, 0.2) is 11.0 Å². The van der Waals surface area contributed by atoms with Crippen LogP contribution < -0.4 is 15.0 Å². The number of aromatic amines is 1. The summed E-state index contributed by atoms with van der Waals surface area (Å²) in [6.45, 7) is 1.38. The number of H-pyrrole nitrogens is 1. The lowest BCUT2D eigenvalue weighted by atomic mass is 10.2. The molecule has 0 unspecified atom stereocenters. The SMILES string of the molecule is CCOC(=O)c1c(OC)c[nH]c(=O)c1OC(F)(F)F. The first-order valence-electron chi connectivity index (χ1n) is 5.02. The quantitative estimate of drug-likeness (QED) is 0.845. The standard InChI is InChI=1S/C10H10F3NO5/c1-3-18-9(16)6-5(17-2)4-14-8(15)7(6)19-10(11,12)13/h4H,3H2,1-2H3,(H,14,15). The summed E-state index contributed by atoms with van der Waals surface area (Å²) >= 11 is 0. The number of hydrogen-bond acceptors (Lipinski definition) is 5. The Morgan fingerprint density at radius 3 is 2.53 bits per heavy atom. The minimum Gasteiger partial charge on any atom is -0.494 e. The van der Waals surface area contributed by atoms with Gasteiger partial charge in [-0.3, -0.25) is 4.79 Å². The molecule has 1 aromatic rings. The topological polar surface area (TPSA) is 77.6 Å². The summed E-state index contributed by atoms with van der Waals surface area (Å²) < 4.78 is 49.5. The average Bonchev–Trinajstić information content (AvgIpc) is 2.30. The van der Waals surface area contributed by atoms with E-state index in [-0.39, 0.29) is 12.4 Å². The van der Waals surface area contributed by atoms with Gasteiger partial charge in [-0.2, -0.15) is 0 Å². The van der Waals surface area contributed by atoms with E-state index in [0.717, 1.165) is 13.3 Å². The lowest BCUT2D eigenvalue weighted by molar-refractivity contribution is -0.275. The van der Waals surface area contributed by atoms with Crippen molar-refractivity contribution in [2.45, 2.75) is 13.3 Å². The van der Waals surface area contributed by atoms with E-state index >= 15 is 0 Å². The fourth-order valence-corrected chi connectivity index (χ4v) is 1.26. The second kappa shape index (κ2) is 5.63. The van der Waals surface area contributed by atoms with Crippen molar-refractivity contribution in [3.05, 3.63) is 22.1 Å². The second-order valence-corrected chi connectivity index (χ2v) is 3.16. The number of hydrogen-bond donors (Lipinski definition) is 1. The van der Waals surface area contributed by atoms with Crippen molar-refractivity contribution in [2.24, 2.45) is 0 Å². The third-order valence-electron chi connectivity index (χ3n) is 1.93. The Morgan fingerprint density at radius 2 is 2.05 bits per heavy atom. The number of carbonyl (C=O) groups excluding carboxylic acids is 1. The monoisotopic (exact) mass is 281 g/mol. The van der Waals surface area contributed by atoms with Crippen molar-refractivity contribution >= 4 is 5.97 Å². The van der Waals surface area contributed by atoms with Crippen LogP contribution >= 0.6 is 0 Å². The zero-order valence-electron chi connectivity index (χ0n) is 9.96. The number of esters is 1. The average molecular weight is 281 g/mol. The van der Waals surface area contributed by atoms with Gasteiger partial charge in [0, 0.05) is 6.20 Å². The molecular formula is C10H10F3NO5. The molecule has 1 rings (SSSR count). The number of rotatable bonds is 4. The maximum Gasteiger partial charge on any atom is 0.573 e. The summed E-state index contributed by atoms with van der Waals surface area (Å²) in [7, 11) is 1.12. The summed E-state index contributed by atoms with van der Waals surface area (Å²) in [6, 6.07) is 0. The molecule has 0 bridgehead atoms. The highest BCUT2D eigenvalue weighted by Crippen LogP contribution is 2.29. The van der Waals surface area contributed by atoms with Gasteiger partial charge in [-0.15, -0.1) is 13.2 Å². The molecule has 0 saturated heterocycles. The van der Waals surface area contributed by atoms with Gasteiger partial charge in [0.25, 0.3) is 5.56 Å². The van der Waals surface area contributed by atoms with Crippen molar-refractivity contribution in [1.82, 2.24) is 4.98 Å². The molecule has 0 radical (unpaired) electrons. The molecule has 0 aliphatic rings. The van der Waals surface area contributed by atoms with E-state index in [1.807, 2.05) is 4.98 Å². The molecular weight excluding hydrogens is 271 g/mol. The fourth-order valence-electron chi connectivity index (χ4n) is 1.26. The van der Waals surface area contributed by atoms with Crippen molar-refractivity contribution in [1.29, 1.82) is 0 Å². The first-order chi connectivity index (χ1) is 8.80. The molecule has 0 spiro atoms. The molecule has 0 amide bonds. The van der Waals surface area contributed by atoms with Crippen LogP contribution in [0.5, 0.6) is 11.5 Å². The summed E-state index contributed by atoms with van der Waals surface area (Å²) in [4.78, 5) is 24.9. The van der Waals surface area contributed by atoms with E-state index in [1.54, 1.807) is 0 Å². The molecule has 0 aliphatic heterocycles. The Hall–Kier alpha value is -2.19. The number of aromatic nitrogens is 1. The highest BCUT2D eigenvalue weighted by molar-refractivity contribution is 5.95. The lowest BCUT2D eigenvalue weighted by Crippen LogP contribution is -2.26. The second-order valence-electron chi connectivity index (χ2n) is 3.16. The zero-order valence-corrected chi connectivity index (χ0v) is 9.96. The Morgan fingerprint density at radius 1 is 1.42 bits per heavy atom. The number of ether oxygens (including phenoxy) is 3. The summed E-state index contributed by atoms with van der Waals surface area (Å²) in [5, 5.41) is 0. The third kappa shape index (κ3) is 3.63. The van der Waals surface area contributed by atoms with Crippen molar-refractivity contribution in [2.75, 3.05) is 13.7 Å². The molecule has 9 heteroatoms. The number of alkyl halides is 3. The zero-order chi connectivity index (χ0) is 14.6. The van der Waals surface area contributed by atoms with E-state index in [2.05, 4.69) is 9.47 Å². The van der Waals surface area contributed by atoms with Crippen molar-refractivity contribution in [3.63, 3.8) is 0 Å². The Labute approximate surface area is 105 Å². The predicted octanol–water partition coefficient (Wildman–Crippen LogP) is 1.46. The first kappa shape index (κ1) is 14.9. The maximum atomic E-state index is 12.2. The van der Waals surface area contributed by atoms with Gasteiger partial charge in [0.15, 0.2) is 11.3 Å². The number of halogens is 3. The molecule has 0 aromatic carbocycles. The van der Waals surface area contributed by atoms with Gasteiger partial charge in [0.1, 0.15) is 0 Å². The highest BCUT2D eigenvalue weighted by atomic mass is 19.4. The largest absolute Gasteiger partial charge is 0.573 e. The lowest BCUT2D eigenvalue weighted by Gasteiger charge is -2.13. The molecule has 1 heterocycles. The van der Waals surface area contributed by atoms with Gasteiger partial charge >= 0.3 is 12.3 Å². The smallest absolute Gasteiger partial charge is 0.494 e. The minimum absolute atomic E-state index is 0.0831.